The lowest BCUT2D eigenvalue weighted by molar-refractivity contribution is -0.123. The lowest BCUT2D eigenvalue weighted by Crippen LogP contribution is -2.46. The maximum absolute atomic E-state index is 11.6. The summed E-state index contributed by atoms with van der Waals surface area (Å²) in [7, 11) is 0. The van der Waals surface area contributed by atoms with E-state index >= 15 is 0 Å². The second kappa shape index (κ2) is 6.90. The van der Waals surface area contributed by atoms with Gasteiger partial charge in [-0.3, -0.25) is 9.69 Å². The lowest BCUT2D eigenvalue weighted by Gasteiger charge is -2.23. The molecule has 1 saturated heterocycles. The normalized spacial score (nSPS) is 21.6. The number of carbonyl (C=O) groups excluding carboxylic acids is 1. The number of hydrogen-bond acceptors (Lipinski definition) is 5. The van der Waals surface area contributed by atoms with Crippen molar-refractivity contribution in [1.29, 1.82) is 0 Å². The summed E-state index contributed by atoms with van der Waals surface area (Å²) in [6, 6.07) is 0. The van der Waals surface area contributed by atoms with Crippen LogP contribution in [0, 0.1) is 0 Å². The number of aliphatic hydroxyl groups excluding tert-OH is 1. The molecule has 0 spiro atoms. The third-order valence-electron chi connectivity index (χ3n) is 2.81. The fourth-order valence-corrected chi connectivity index (χ4v) is 1.66. The highest BCUT2D eigenvalue weighted by molar-refractivity contribution is 5.78. The molecule has 0 aliphatic carbocycles. The van der Waals surface area contributed by atoms with Gasteiger partial charge < -0.3 is 20.8 Å². The van der Waals surface area contributed by atoms with E-state index in [1.165, 1.54) is 6.92 Å². The summed E-state index contributed by atoms with van der Waals surface area (Å²) in [5.74, 6) is -0.111. The van der Waals surface area contributed by atoms with E-state index in [1.807, 2.05) is 0 Å². The Kier molecular flexibility index (Phi) is 5.84. The van der Waals surface area contributed by atoms with Gasteiger partial charge in [0.05, 0.1) is 13.2 Å². The molecule has 0 radical (unpaired) electrons. The SMILES string of the molecule is CC(O)(CO)CNC(=O)CN1CCCNCC1. The summed E-state index contributed by atoms with van der Waals surface area (Å²) in [6.45, 7) is 5.24. The zero-order chi connectivity index (χ0) is 12.7. The zero-order valence-electron chi connectivity index (χ0n) is 10.4. The van der Waals surface area contributed by atoms with Crippen LogP contribution in [0.15, 0.2) is 0 Å². The average Bonchev–Trinajstić information content (AvgIpc) is 2.55. The Morgan fingerprint density at radius 2 is 2.24 bits per heavy atom. The van der Waals surface area contributed by atoms with Gasteiger partial charge in [0.15, 0.2) is 0 Å². The summed E-state index contributed by atoms with van der Waals surface area (Å²) in [5.41, 5.74) is -1.24. The Morgan fingerprint density at radius 3 is 2.94 bits per heavy atom. The first-order valence-electron chi connectivity index (χ1n) is 6.06. The molecule has 1 heterocycles. The Labute approximate surface area is 102 Å². The van der Waals surface area contributed by atoms with Crippen molar-refractivity contribution in [1.82, 2.24) is 15.5 Å². The summed E-state index contributed by atoms with van der Waals surface area (Å²) >= 11 is 0. The van der Waals surface area contributed by atoms with Crippen LogP contribution in [0.25, 0.3) is 0 Å². The first kappa shape index (κ1) is 14.4. The average molecular weight is 245 g/mol. The summed E-state index contributed by atoms with van der Waals surface area (Å²) in [6.07, 6.45) is 1.04. The molecule has 1 amide bonds. The molecule has 1 aliphatic rings. The number of nitrogens with zero attached hydrogens (tertiary/aromatic N) is 1. The molecule has 1 aliphatic heterocycles. The van der Waals surface area contributed by atoms with Crippen LogP contribution in [0.5, 0.6) is 0 Å². The van der Waals surface area contributed by atoms with E-state index in [9.17, 15) is 9.90 Å². The van der Waals surface area contributed by atoms with Gasteiger partial charge in [0.1, 0.15) is 5.60 Å². The van der Waals surface area contributed by atoms with E-state index in [2.05, 4.69) is 15.5 Å². The molecular formula is C11H23N3O3. The van der Waals surface area contributed by atoms with Crippen LogP contribution in [-0.4, -0.2) is 72.5 Å². The largest absolute Gasteiger partial charge is 0.393 e. The van der Waals surface area contributed by atoms with E-state index in [4.69, 9.17) is 5.11 Å². The minimum Gasteiger partial charge on any atom is -0.393 e. The number of aliphatic hydroxyl groups is 2. The quantitative estimate of drug-likeness (QED) is 0.456. The van der Waals surface area contributed by atoms with Gasteiger partial charge in [0, 0.05) is 19.6 Å². The van der Waals surface area contributed by atoms with Crippen LogP contribution < -0.4 is 10.6 Å². The van der Waals surface area contributed by atoms with Gasteiger partial charge in [0.2, 0.25) is 5.91 Å². The molecule has 1 unspecified atom stereocenters. The Hall–Kier alpha value is -0.690. The minimum absolute atomic E-state index is 0.0778. The number of hydrogen-bond donors (Lipinski definition) is 4. The van der Waals surface area contributed by atoms with Gasteiger partial charge in [-0.15, -0.1) is 0 Å². The summed E-state index contributed by atoms with van der Waals surface area (Å²) in [4.78, 5) is 13.7. The molecule has 100 valence electrons. The lowest BCUT2D eigenvalue weighted by atomic mass is 10.1. The first-order chi connectivity index (χ1) is 8.03. The first-order valence-corrected chi connectivity index (χ1v) is 6.06. The monoisotopic (exact) mass is 245 g/mol. The number of carbonyl (C=O) groups is 1. The van der Waals surface area contributed by atoms with Gasteiger partial charge in [-0.05, 0) is 26.4 Å². The molecule has 6 nitrogen and oxygen atoms in total. The fourth-order valence-electron chi connectivity index (χ4n) is 1.66. The van der Waals surface area contributed by atoms with E-state index in [0.29, 0.717) is 6.54 Å². The highest BCUT2D eigenvalue weighted by Crippen LogP contribution is 1.99. The maximum atomic E-state index is 11.6. The van der Waals surface area contributed by atoms with Gasteiger partial charge in [-0.1, -0.05) is 0 Å². The molecule has 6 heteroatoms. The zero-order valence-corrected chi connectivity index (χ0v) is 10.4. The number of rotatable bonds is 5. The van der Waals surface area contributed by atoms with Gasteiger partial charge in [-0.25, -0.2) is 0 Å². The van der Waals surface area contributed by atoms with E-state index in [1.54, 1.807) is 0 Å². The second-order valence-electron chi connectivity index (χ2n) is 4.81. The van der Waals surface area contributed by atoms with E-state index in [0.717, 1.165) is 32.6 Å². The fraction of sp³-hybridized carbons (Fsp3) is 0.909. The molecular weight excluding hydrogens is 222 g/mol. The standard InChI is InChI=1S/C11H23N3O3/c1-11(17,9-15)8-13-10(16)7-14-5-2-3-12-4-6-14/h12,15,17H,2-9H2,1H3,(H,13,16). The number of nitrogens with one attached hydrogen (secondary N) is 2. The second-order valence-corrected chi connectivity index (χ2v) is 4.81. The molecule has 1 fully saturated rings. The predicted molar refractivity (Wildman–Crippen MR) is 64.6 cm³/mol. The van der Waals surface area contributed by atoms with Crippen molar-refractivity contribution in [3.8, 4) is 0 Å². The Morgan fingerprint density at radius 1 is 1.47 bits per heavy atom. The Bertz CT molecular complexity index is 238. The van der Waals surface area contributed by atoms with Crippen molar-refractivity contribution in [2.24, 2.45) is 0 Å². The summed E-state index contributed by atoms with van der Waals surface area (Å²) in [5, 5.41) is 24.3. The van der Waals surface area contributed by atoms with Crippen LogP contribution in [-0.2, 0) is 4.79 Å². The van der Waals surface area contributed by atoms with Crippen molar-refractivity contribution >= 4 is 5.91 Å². The minimum atomic E-state index is -1.24. The third kappa shape index (κ3) is 5.97. The Balaban J connectivity index is 2.24. The van der Waals surface area contributed by atoms with Crippen molar-refractivity contribution < 1.29 is 15.0 Å². The molecule has 1 rings (SSSR count). The van der Waals surface area contributed by atoms with Crippen LogP contribution in [0.1, 0.15) is 13.3 Å². The molecule has 0 aromatic rings. The molecule has 0 saturated carbocycles. The van der Waals surface area contributed by atoms with E-state index < -0.39 is 5.60 Å². The molecule has 1 atom stereocenters. The summed E-state index contributed by atoms with van der Waals surface area (Å²) < 4.78 is 0. The molecule has 4 N–H and O–H groups in total. The number of amides is 1. The van der Waals surface area contributed by atoms with Crippen molar-refractivity contribution in [2.75, 3.05) is 45.9 Å². The van der Waals surface area contributed by atoms with Crippen molar-refractivity contribution in [3.05, 3.63) is 0 Å². The van der Waals surface area contributed by atoms with Crippen LogP contribution in [0.2, 0.25) is 0 Å². The topological polar surface area (TPSA) is 84.8 Å². The van der Waals surface area contributed by atoms with Crippen molar-refractivity contribution in [2.45, 2.75) is 18.9 Å². The smallest absolute Gasteiger partial charge is 0.234 e. The highest BCUT2D eigenvalue weighted by Gasteiger charge is 2.20. The third-order valence-corrected chi connectivity index (χ3v) is 2.81. The van der Waals surface area contributed by atoms with Crippen LogP contribution >= 0.6 is 0 Å². The van der Waals surface area contributed by atoms with Crippen LogP contribution in [0.3, 0.4) is 0 Å². The van der Waals surface area contributed by atoms with E-state index in [-0.39, 0.29) is 19.1 Å². The van der Waals surface area contributed by atoms with Gasteiger partial charge in [0.25, 0.3) is 0 Å². The van der Waals surface area contributed by atoms with Crippen LogP contribution in [0.4, 0.5) is 0 Å². The van der Waals surface area contributed by atoms with Crippen molar-refractivity contribution in [3.63, 3.8) is 0 Å². The molecule has 17 heavy (non-hydrogen) atoms. The maximum Gasteiger partial charge on any atom is 0.234 e. The predicted octanol–water partition coefficient (Wildman–Crippen LogP) is -1.86. The van der Waals surface area contributed by atoms with Gasteiger partial charge in [-0.2, -0.15) is 0 Å². The molecule has 0 aromatic heterocycles. The highest BCUT2D eigenvalue weighted by atomic mass is 16.3. The van der Waals surface area contributed by atoms with Gasteiger partial charge >= 0.3 is 0 Å². The molecule has 0 bridgehead atoms. The molecule has 0 aromatic carbocycles.